The van der Waals surface area contributed by atoms with Crippen molar-refractivity contribution in [3.8, 4) is 0 Å². The topological polar surface area (TPSA) is 29.1 Å². The van der Waals surface area contributed by atoms with Crippen LogP contribution >= 0.6 is 0 Å². The van der Waals surface area contributed by atoms with Crippen LogP contribution in [0.4, 0.5) is 4.39 Å². The molecule has 1 aromatic carbocycles. The number of carbonyl (C=O) groups is 1. The fourth-order valence-corrected chi connectivity index (χ4v) is 1.23. The quantitative estimate of drug-likeness (QED) is 0.601. The molecule has 0 spiro atoms. The highest BCUT2D eigenvalue weighted by atomic mass is 19.1. The van der Waals surface area contributed by atoms with E-state index in [1.807, 2.05) is 0 Å². The Kier molecular flexibility index (Phi) is 5.26. The first-order chi connectivity index (χ1) is 7.72. The average molecular weight is 221 g/mol. The van der Waals surface area contributed by atoms with Gasteiger partial charge in [0.25, 0.3) is 0 Å². The molecule has 0 heterocycles. The Bertz CT molecular complexity index is 374. The Morgan fingerprint density at radius 3 is 3.00 bits per heavy atom. The first-order valence-electron chi connectivity index (χ1n) is 5.44. The molecule has 0 atom stereocenters. The van der Waals surface area contributed by atoms with Gasteiger partial charge >= 0.3 is 0 Å². The predicted molar refractivity (Wildman–Crippen MR) is 63.4 cm³/mol. The van der Waals surface area contributed by atoms with Crippen molar-refractivity contribution in [2.24, 2.45) is 0 Å². The van der Waals surface area contributed by atoms with E-state index in [0.29, 0.717) is 12.1 Å². The van der Waals surface area contributed by atoms with Crippen molar-refractivity contribution in [2.75, 3.05) is 6.54 Å². The second kappa shape index (κ2) is 6.77. The Morgan fingerprint density at radius 2 is 2.31 bits per heavy atom. The van der Waals surface area contributed by atoms with E-state index in [4.69, 9.17) is 0 Å². The average Bonchev–Trinajstić information content (AvgIpc) is 2.27. The maximum Gasteiger partial charge on any atom is 0.243 e. The van der Waals surface area contributed by atoms with Gasteiger partial charge in [0, 0.05) is 12.6 Å². The molecular weight excluding hydrogens is 205 g/mol. The number of carbonyl (C=O) groups excluding carboxylic acids is 1. The van der Waals surface area contributed by atoms with Crippen molar-refractivity contribution in [3.05, 3.63) is 41.7 Å². The number of amides is 1. The van der Waals surface area contributed by atoms with E-state index in [0.717, 1.165) is 12.8 Å². The maximum atomic E-state index is 12.8. The molecule has 3 heteroatoms. The Balaban J connectivity index is 2.44. The molecule has 0 saturated heterocycles. The molecule has 86 valence electrons. The third-order valence-electron chi connectivity index (χ3n) is 2.11. The van der Waals surface area contributed by atoms with Gasteiger partial charge in [0.2, 0.25) is 5.91 Å². The minimum absolute atomic E-state index is 0.141. The van der Waals surface area contributed by atoms with Crippen LogP contribution in [-0.2, 0) is 4.79 Å². The Hall–Kier alpha value is -1.64. The molecule has 0 aromatic heterocycles. The van der Waals surface area contributed by atoms with Gasteiger partial charge in [0.05, 0.1) is 0 Å². The zero-order chi connectivity index (χ0) is 11.8. The Morgan fingerprint density at radius 1 is 1.50 bits per heavy atom. The molecule has 2 nitrogen and oxygen atoms in total. The third kappa shape index (κ3) is 4.73. The zero-order valence-corrected chi connectivity index (χ0v) is 9.37. The SMILES string of the molecule is CCCCNC(=O)/C=C/c1cccc(F)c1. The van der Waals surface area contributed by atoms with E-state index in [-0.39, 0.29) is 11.7 Å². The molecule has 1 amide bonds. The van der Waals surface area contributed by atoms with Gasteiger partial charge in [0.1, 0.15) is 5.82 Å². The molecule has 0 aliphatic rings. The summed E-state index contributed by atoms with van der Waals surface area (Å²) in [6.07, 6.45) is 5.04. The largest absolute Gasteiger partial charge is 0.353 e. The van der Waals surface area contributed by atoms with Gasteiger partial charge in [-0.25, -0.2) is 4.39 Å². The van der Waals surface area contributed by atoms with Gasteiger partial charge in [-0.2, -0.15) is 0 Å². The monoisotopic (exact) mass is 221 g/mol. The van der Waals surface area contributed by atoms with Crippen LogP contribution < -0.4 is 5.32 Å². The highest BCUT2D eigenvalue weighted by Crippen LogP contribution is 2.04. The van der Waals surface area contributed by atoms with Crippen LogP contribution in [0, 0.1) is 5.82 Å². The summed E-state index contributed by atoms with van der Waals surface area (Å²) in [5.74, 6) is -0.439. The van der Waals surface area contributed by atoms with Crippen molar-refractivity contribution in [2.45, 2.75) is 19.8 Å². The van der Waals surface area contributed by atoms with Crippen LogP contribution in [0.3, 0.4) is 0 Å². The molecular formula is C13H16FNO. The lowest BCUT2D eigenvalue weighted by Crippen LogP contribution is -2.21. The molecule has 0 aliphatic carbocycles. The first kappa shape index (κ1) is 12.4. The van der Waals surface area contributed by atoms with Gasteiger partial charge in [-0.05, 0) is 30.2 Å². The number of hydrogen-bond donors (Lipinski definition) is 1. The van der Waals surface area contributed by atoms with E-state index in [9.17, 15) is 9.18 Å². The van der Waals surface area contributed by atoms with E-state index in [2.05, 4.69) is 12.2 Å². The number of nitrogens with one attached hydrogen (secondary N) is 1. The molecule has 0 radical (unpaired) electrons. The molecule has 0 aliphatic heterocycles. The summed E-state index contributed by atoms with van der Waals surface area (Å²) in [6, 6.07) is 6.12. The summed E-state index contributed by atoms with van der Waals surface area (Å²) in [7, 11) is 0. The molecule has 0 saturated carbocycles. The fraction of sp³-hybridized carbons (Fsp3) is 0.308. The van der Waals surface area contributed by atoms with Crippen LogP contribution in [0.15, 0.2) is 30.3 Å². The zero-order valence-electron chi connectivity index (χ0n) is 9.37. The first-order valence-corrected chi connectivity index (χ1v) is 5.44. The summed E-state index contributed by atoms with van der Waals surface area (Å²) in [5, 5.41) is 2.75. The molecule has 1 N–H and O–H groups in total. The van der Waals surface area contributed by atoms with E-state index < -0.39 is 0 Å². The number of unbranched alkanes of at least 4 members (excludes halogenated alkanes) is 1. The van der Waals surface area contributed by atoms with E-state index >= 15 is 0 Å². The van der Waals surface area contributed by atoms with Gasteiger partial charge in [0.15, 0.2) is 0 Å². The van der Waals surface area contributed by atoms with Crippen LogP contribution in [0.5, 0.6) is 0 Å². The lowest BCUT2D eigenvalue weighted by molar-refractivity contribution is -0.116. The molecule has 16 heavy (non-hydrogen) atoms. The summed E-state index contributed by atoms with van der Waals surface area (Å²) < 4.78 is 12.8. The minimum atomic E-state index is -0.298. The van der Waals surface area contributed by atoms with E-state index in [1.54, 1.807) is 18.2 Å². The second-order valence-electron chi connectivity index (χ2n) is 3.53. The molecule has 1 rings (SSSR count). The summed E-state index contributed by atoms with van der Waals surface area (Å²) in [6.45, 7) is 2.75. The van der Waals surface area contributed by atoms with Gasteiger partial charge in [-0.3, -0.25) is 4.79 Å². The summed E-state index contributed by atoms with van der Waals surface area (Å²) >= 11 is 0. The van der Waals surface area contributed by atoms with Crippen molar-refractivity contribution in [1.29, 1.82) is 0 Å². The van der Waals surface area contributed by atoms with Crippen LogP contribution in [0.25, 0.3) is 6.08 Å². The highest BCUT2D eigenvalue weighted by Gasteiger charge is 1.94. The summed E-state index contributed by atoms with van der Waals surface area (Å²) in [5.41, 5.74) is 0.686. The molecule has 0 bridgehead atoms. The lowest BCUT2D eigenvalue weighted by Gasteiger charge is -1.99. The second-order valence-corrected chi connectivity index (χ2v) is 3.53. The number of hydrogen-bond acceptors (Lipinski definition) is 1. The summed E-state index contributed by atoms with van der Waals surface area (Å²) in [4.78, 5) is 11.3. The molecule has 0 unspecified atom stereocenters. The smallest absolute Gasteiger partial charge is 0.243 e. The van der Waals surface area contributed by atoms with Crippen LogP contribution in [0.1, 0.15) is 25.3 Å². The van der Waals surface area contributed by atoms with E-state index in [1.165, 1.54) is 18.2 Å². The minimum Gasteiger partial charge on any atom is -0.353 e. The predicted octanol–water partition coefficient (Wildman–Crippen LogP) is 2.76. The highest BCUT2D eigenvalue weighted by molar-refractivity contribution is 5.91. The third-order valence-corrected chi connectivity index (χ3v) is 2.11. The fourth-order valence-electron chi connectivity index (χ4n) is 1.23. The molecule has 1 aromatic rings. The van der Waals surface area contributed by atoms with Crippen LogP contribution in [-0.4, -0.2) is 12.5 Å². The standard InChI is InChI=1S/C13H16FNO/c1-2-3-9-15-13(16)8-7-11-5-4-6-12(14)10-11/h4-8,10H,2-3,9H2,1H3,(H,15,16)/b8-7+. The number of benzene rings is 1. The number of halogens is 1. The van der Waals surface area contributed by atoms with Gasteiger partial charge in [-0.1, -0.05) is 25.5 Å². The van der Waals surface area contributed by atoms with Crippen molar-refractivity contribution >= 4 is 12.0 Å². The maximum absolute atomic E-state index is 12.8. The van der Waals surface area contributed by atoms with Crippen molar-refractivity contribution < 1.29 is 9.18 Å². The normalized spacial score (nSPS) is 10.6. The lowest BCUT2D eigenvalue weighted by atomic mass is 10.2. The number of rotatable bonds is 5. The van der Waals surface area contributed by atoms with Crippen molar-refractivity contribution in [3.63, 3.8) is 0 Å². The van der Waals surface area contributed by atoms with Gasteiger partial charge < -0.3 is 5.32 Å². The van der Waals surface area contributed by atoms with Gasteiger partial charge in [-0.15, -0.1) is 0 Å². The van der Waals surface area contributed by atoms with Crippen LogP contribution in [0.2, 0.25) is 0 Å². The Labute approximate surface area is 95.2 Å². The van der Waals surface area contributed by atoms with Crippen molar-refractivity contribution in [1.82, 2.24) is 5.32 Å². The molecule has 0 fully saturated rings.